The van der Waals surface area contributed by atoms with Gasteiger partial charge < -0.3 is 14.1 Å². The number of amides is 2. The van der Waals surface area contributed by atoms with Crippen molar-refractivity contribution >= 4 is 28.4 Å². The molecule has 10 heteroatoms. The molecule has 1 aliphatic heterocycles. The van der Waals surface area contributed by atoms with Crippen molar-refractivity contribution in [1.82, 2.24) is 20.0 Å². The van der Waals surface area contributed by atoms with Crippen LogP contribution in [0.4, 0.5) is 16.3 Å². The van der Waals surface area contributed by atoms with E-state index in [4.69, 9.17) is 14.1 Å². The second-order valence-corrected chi connectivity index (χ2v) is 9.20. The zero-order valence-corrected chi connectivity index (χ0v) is 20.3. The summed E-state index contributed by atoms with van der Waals surface area (Å²) < 4.78 is 11.1. The fraction of sp³-hybridized carbons (Fsp3) is 0.308. The van der Waals surface area contributed by atoms with E-state index >= 15 is 0 Å². The van der Waals surface area contributed by atoms with Crippen molar-refractivity contribution in [3.8, 4) is 5.88 Å². The zero-order valence-electron chi connectivity index (χ0n) is 20.3. The van der Waals surface area contributed by atoms with Crippen molar-refractivity contribution in [3.05, 3.63) is 72.8 Å². The van der Waals surface area contributed by atoms with E-state index in [1.165, 1.54) is 6.33 Å². The van der Waals surface area contributed by atoms with Gasteiger partial charge in [0, 0.05) is 31.1 Å². The van der Waals surface area contributed by atoms with Gasteiger partial charge in [-0.1, -0.05) is 49.3 Å². The van der Waals surface area contributed by atoms with Crippen molar-refractivity contribution in [2.75, 3.05) is 43.2 Å². The molecular formula is C26H28N6O4. The summed E-state index contributed by atoms with van der Waals surface area (Å²) in [6.07, 6.45) is 1.40. The van der Waals surface area contributed by atoms with Gasteiger partial charge in [0.15, 0.2) is 5.82 Å². The van der Waals surface area contributed by atoms with E-state index < -0.39 is 6.03 Å². The number of hydrogen-bond acceptors (Lipinski definition) is 8. The van der Waals surface area contributed by atoms with E-state index in [0.717, 1.165) is 37.9 Å². The van der Waals surface area contributed by atoms with E-state index in [0.29, 0.717) is 28.2 Å². The van der Waals surface area contributed by atoms with Crippen LogP contribution in [-0.4, -0.2) is 58.9 Å². The third-order valence-corrected chi connectivity index (χ3v) is 5.99. The maximum atomic E-state index is 13.4. The van der Waals surface area contributed by atoms with Gasteiger partial charge in [-0.05, 0) is 24.3 Å². The van der Waals surface area contributed by atoms with Crippen LogP contribution >= 0.6 is 0 Å². The second-order valence-electron chi connectivity index (χ2n) is 9.20. The van der Waals surface area contributed by atoms with Crippen LogP contribution in [-0.2, 0) is 10.2 Å². The van der Waals surface area contributed by atoms with Gasteiger partial charge >= 0.3 is 6.03 Å². The van der Waals surface area contributed by atoms with Crippen molar-refractivity contribution in [2.45, 2.75) is 19.3 Å². The number of carbonyl (C=O) groups is 1. The lowest BCUT2D eigenvalue weighted by molar-refractivity contribution is 0.0274. The lowest BCUT2D eigenvalue weighted by Crippen LogP contribution is -2.43. The first-order valence-electron chi connectivity index (χ1n) is 11.8. The summed E-state index contributed by atoms with van der Waals surface area (Å²) in [5.41, 5.74) is 0.927. The normalized spacial score (nSPS) is 14.5. The maximum absolute atomic E-state index is 13.4. The van der Waals surface area contributed by atoms with Crippen LogP contribution in [0.2, 0.25) is 0 Å². The van der Waals surface area contributed by atoms with Gasteiger partial charge in [-0.15, -0.1) is 5.06 Å². The van der Waals surface area contributed by atoms with Gasteiger partial charge in [-0.25, -0.2) is 9.78 Å². The first-order valence-corrected chi connectivity index (χ1v) is 11.8. The Hall–Kier alpha value is -4.02. The van der Waals surface area contributed by atoms with Gasteiger partial charge in [0.1, 0.15) is 12.1 Å². The molecule has 0 atom stereocenters. The van der Waals surface area contributed by atoms with Gasteiger partial charge in [-0.2, -0.15) is 4.98 Å². The molecule has 0 unspecified atom stereocenters. The SMILES string of the molecule is CC(C)(CN1CCOCC1)c1cc(NC(=O)N(Oc2ncnc3ccccc23)c2ccccc2)no1. The third kappa shape index (κ3) is 5.29. The Bertz CT molecular complexity index is 1320. The van der Waals surface area contributed by atoms with Crippen molar-refractivity contribution in [2.24, 2.45) is 0 Å². The summed E-state index contributed by atoms with van der Waals surface area (Å²) >= 11 is 0. The molecule has 4 aromatic rings. The van der Waals surface area contributed by atoms with Gasteiger partial charge in [0.25, 0.3) is 5.88 Å². The average Bonchev–Trinajstić information content (AvgIpc) is 3.38. The first kappa shape index (κ1) is 23.7. The monoisotopic (exact) mass is 488 g/mol. The van der Waals surface area contributed by atoms with Crippen molar-refractivity contribution in [1.29, 1.82) is 0 Å². The molecule has 36 heavy (non-hydrogen) atoms. The Labute approximate surface area is 208 Å². The Balaban J connectivity index is 1.35. The van der Waals surface area contributed by atoms with Crippen molar-refractivity contribution < 1.29 is 18.9 Å². The predicted molar refractivity (Wildman–Crippen MR) is 135 cm³/mol. The molecule has 0 bridgehead atoms. The highest BCUT2D eigenvalue weighted by molar-refractivity contribution is 6.00. The molecule has 2 aromatic heterocycles. The molecule has 1 saturated heterocycles. The minimum Gasteiger partial charge on any atom is -0.379 e. The predicted octanol–water partition coefficient (Wildman–Crippen LogP) is 4.26. The maximum Gasteiger partial charge on any atom is 0.361 e. The molecule has 0 saturated carbocycles. The molecule has 10 nitrogen and oxygen atoms in total. The van der Waals surface area contributed by atoms with E-state index in [2.05, 4.69) is 39.2 Å². The number of hydrogen-bond donors (Lipinski definition) is 1. The summed E-state index contributed by atoms with van der Waals surface area (Å²) in [6, 6.07) is 17.7. The number of aromatic nitrogens is 3. The van der Waals surface area contributed by atoms with E-state index in [-0.39, 0.29) is 11.3 Å². The number of urea groups is 1. The number of nitrogens with one attached hydrogen (secondary N) is 1. The number of para-hydroxylation sites is 2. The second kappa shape index (κ2) is 10.3. The molecule has 0 radical (unpaired) electrons. The molecule has 186 valence electrons. The van der Waals surface area contributed by atoms with Crippen LogP contribution in [0.1, 0.15) is 19.6 Å². The Morgan fingerprint density at radius 3 is 2.64 bits per heavy atom. The fourth-order valence-electron chi connectivity index (χ4n) is 4.12. The molecule has 2 amide bonds. The number of nitrogens with zero attached hydrogens (tertiary/aromatic N) is 5. The molecule has 0 aliphatic carbocycles. The number of morpholine rings is 1. The van der Waals surface area contributed by atoms with Gasteiger partial charge in [0.05, 0.1) is 29.8 Å². The summed E-state index contributed by atoms with van der Waals surface area (Å²) in [7, 11) is 0. The largest absolute Gasteiger partial charge is 0.379 e. The lowest BCUT2D eigenvalue weighted by Gasteiger charge is -2.33. The summed E-state index contributed by atoms with van der Waals surface area (Å²) in [5, 5.41) is 8.70. The van der Waals surface area contributed by atoms with Crippen molar-refractivity contribution in [3.63, 3.8) is 0 Å². The molecule has 2 aromatic carbocycles. The zero-order chi connectivity index (χ0) is 25.0. The first-order chi connectivity index (χ1) is 17.5. The molecule has 3 heterocycles. The average molecular weight is 489 g/mol. The highest BCUT2D eigenvalue weighted by Gasteiger charge is 2.30. The third-order valence-electron chi connectivity index (χ3n) is 5.99. The van der Waals surface area contributed by atoms with E-state index in [9.17, 15) is 4.79 Å². The smallest absolute Gasteiger partial charge is 0.361 e. The number of benzene rings is 2. The lowest BCUT2D eigenvalue weighted by atomic mass is 9.89. The standard InChI is InChI=1S/C26H28N6O4/c1-26(2,17-31-12-14-34-15-13-31)22-16-23(30-35-22)29-25(33)32(19-8-4-3-5-9-19)36-24-20-10-6-7-11-21(20)27-18-28-24/h3-11,16,18H,12-15,17H2,1-2H3,(H,29,30,33). The molecule has 5 rings (SSSR count). The Morgan fingerprint density at radius 1 is 1.08 bits per heavy atom. The van der Waals surface area contributed by atoms with Crippen LogP contribution < -0.4 is 15.2 Å². The van der Waals surface area contributed by atoms with Crippen LogP contribution in [0.5, 0.6) is 5.88 Å². The van der Waals surface area contributed by atoms with Gasteiger partial charge in [-0.3, -0.25) is 10.2 Å². The summed E-state index contributed by atoms with van der Waals surface area (Å²) in [6.45, 7) is 8.18. The van der Waals surface area contributed by atoms with E-state index in [1.54, 1.807) is 18.2 Å². The summed E-state index contributed by atoms with van der Waals surface area (Å²) in [5.74, 6) is 1.23. The molecule has 1 N–H and O–H groups in total. The molecular weight excluding hydrogens is 460 g/mol. The van der Waals surface area contributed by atoms with Crippen LogP contribution in [0, 0.1) is 0 Å². The minimum absolute atomic E-state index is 0.257. The molecule has 0 spiro atoms. The molecule has 1 fully saturated rings. The number of hydroxylamine groups is 1. The number of anilines is 2. The quantitative estimate of drug-likeness (QED) is 0.385. The number of rotatable bonds is 7. The Kier molecular flexibility index (Phi) is 6.79. The van der Waals surface area contributed by atoms with Crippen LogP contribution in [0.3, 0.4) is 0 Å². The highest BCUT2D eigenvalue weighted by Crippen LogP contribution is 2.28. The van der Waals surface area contributed by atoms with Crippen LogP contribution in [0.15, 0.2) is 71.5 Å². The highest BCUT2D eigenvalue weighted by atomic mass is 16.7. The summed E-state index contributed by atoms with van der Waals surface area (Å²) in [4.78, 5) is 30.2. The van der Waals surface area contributed by atoms with Crippen LogP contribution in [0.25, 0.3) is 10.9 Å². The number of ether oxygens (including phenoxy) is 1. The Morgan fingerprint density at radius 2 is 1.83 bits per heavy atom. The minimum atomic E-state index is -0.547. The molecule has 1 aliphatic rings. The number of fused-ring (bicyclic) bond motifs is 1. The topological polar surface area (TPSA) is 106 Å². The fourth-order valence-corrected chi connectivity index (χ4v) is 4.12. The van der Waals surface area contributed by atoms with E-state index in [1.807, 2.05) is 42.5 Å². The number of carbonyl (C=O) groups excluding carboxylic acids is 1. The van der Waals surface area contributed by atoms with Gasteiger partial charge in [0.2, 0.25) is 0 Å².